The van der Waals surface area contributed by atoms with Gasteiger partial charge in [0, 0.05) is 4.47 Å². The van der Waals surface area contributed by atoms with Crippen molar-refractivity contribution in [2.75, 3.05) is 7.11 Å². The number of benzene rings is 1. The standard InChI is InChI=1S/C8H9BrO2/c1-5-3-7(10)8(11-2)4-6(5)9/h3-4,10H,1-2H3. The van der Waals surface area contributed by atoms with Crippen LogP contribution in [0.3, 0.4) is 0 Å². The molecule has 0 aliphatic carbocycles. The lowest BCUT2D eigenvalue weighted by atomic mass is 10.2. The van der Waals surface area contributed by atoms with Gasteiger partial charge in [0.05, 0.1) is 7.11 Å². The van der Waals surface area contributed by atoms with Crippen LogP contribution in [0.2, 0.25) is 0 Å². The van der Waals surface area contributed by atoms with Gasteiger partial charge in [-0.05, 0) is 24.6 Å². The number of halogens is 1. The van der Waals surface area contributed by atoms with E-state index in [1.165, 1.54) is 7.11 Å². The lowest BCUT2D eigenvalue weighted by Crippen LogP contribution is -1.84. The number of phenolic OH excluding ortho intramolecular Hbond substituents is 1. The zero-order valence-electron chi connectivity index (χ0n) is 6.39. The zero-order chi connectivity index (χ0) is 8.43. The molecule has 0 fully saturated rings. The minimum absolute atomic E-state index is 0.174. The van der Waals surface area contributed by atoms with Gasteiger partial charge in [-0.3, -0.25) is 0 Å². The quantitative estimate of drug-likeness (QED) is 0.782. The number of rotatable bonds is 1. The van der Waals surface area contributed by atoms with Gasteiger partial charge in [0.25, 0.3) is 0 Å². The number of aromatic hydroxyl groups is 1. The largest absolute Gasteiger partial charge is 0.504 e. The van der Waals surface area contributed by atoms with Crippen LogP contribution in [0.25, 0.3) is 0 Å². The van der Waals surface area contributed by atoms with Gasteiger partial charge in [-0.25, -0.2) is 0 Å². The third-order valence-corrected chi connectivity index (χ3v) is 2.31. The van der Waals surface area contributed by atoms with Gasteiger partial charge in [-0.1, -0.05) is 15.9 Å². The van der Waals surface area contributed by atoms with Gasteiger partial charge >= 0.3 is 0 Å². The van der Waals surface area contributed by atoms with Crippen LogP contribution in [0.15, 0.2) is 16.6 Å². The van der Waals surface area contributed by atoms with E-state index in [1.807, 2.05) is 6.92 Å². The lowest BCUT2D eigenvalue weighted by molar-refractivity contribution is 0.373. The summed E-state index contributed by atoms with van der Waals surface area (Å²) in [7, 11) is 1.52. The van der Waals surface area contributed by atoms with Crippen LogP contribution in [0.4, 0.5) is 0 Å². The van der Waals surface area contributed by atoms with Crippen LogP contribution in [0, 0.1) is 6.92 Å². The highest BCUT2D eigenvalue weighted by Crippen LogP contribution is 2.31. The van der Waals surface area contributed by atoms with Crippen molar-refractivity contribution in [1.82, 2.24) is 0 Å². The van der Waals surface area contributed by atoms with Gasteiger partial charge in [0.2, 0.25) is 0 Å². The molecule has 0 aliphatic heterocycles. The van der Waals surface area contributed by atoms with Crippen molar-refractivity contribution < 1.29 is 9.84 Å². The Bertz CT molecular complexity index is 271. The molecular weight excluding hydrogens is 208 g/mol. The molecule has 0 atom stereocenters. The van der Waals surface area contributed by atoms with Crippen molar-refractivity contribution in [3.8, 4) is 11.5 Å². The maximum absolute atomic E-state index is 9.27. The maximum Gasteiger partial charge on any atom is 0.161 e. The Morgan fingerprint density at radius 2 is 2.09 bits per heavy atom. The van der Waals surface area contributed by atoms with Crippen molar-refractivity contribution in [2.45, 2.75) is 6.92 Å². The Morgan fingerprint density at radius 3 is 2.64 bits per heavy atom. The smallest absolute Gasteiger partial charge is 0.161 e. The summed E-state index contributed by atoms with van der Waals surface area (Å²) in [6, 6.07) is 3.40. The predicted octanol–water partition coefficient (Wildman–Crippen LogP) is 2.47. The Hall–Kier alpha value is -0.700. The first-order chi connectivity index (χ1) is 5.15. The minimum Gasteiger partial charge on any atom is -0.504 e. The van der Waals surface area contributed by atoms with Crippen molar-refractivity contribution in [2.24, 2.45) is 0 Å². The van der Waals surface area contributed by atoms with Crippen LogP contribution in [-0.4, -0.2) is 12.2 Å². The van der Waals surface area contributed by atoms with Crippen LogP contribution >= 0.6 is 15.9 Å². The van der Waals surface area contributed by atoms with Crippen molar-refractivity contribution in [3.63, 3.8) is 0 Å². The number of hydrogen-bond acceptors (Lipinski definition) is 2. The summed E-state index contributed by atoms with van der Waals surface area (Å²) in [5, 5.41) is 9.27. The van der Waals surface area contributed by atoms with Gasteiger partial charge < -0.3 is 9.84 Å². The van der Waals surface area contributed by atoms with E-state index in [0.717, 1.165) is 10.0 Å². The molecule has 1 aromatic carbocycles. The van der Waals surface area contributed by atoms with Crippen LogP contribution < -0.4 is 4.74 Å². The fourth-order valence-corrected chi connectivity index (χ4v) is 1.13. The predicted molar refractivity (Wildman–Crippen MR) is 47.1 cm³/mol. The first kappa shape index (κ1) is 8.40. The molecule has 0 heterocycles. The first-order valence-electron chi connectivity index (χ1n) is 3.18. The molecule has 0 aromatic heterocycles. The molecule has 60 valence electrons. The Labute approximate surface area is 73.9 Å². The average Bonchev–Trinajstić information content (AvgIpc) is 1.97. The lowest BCUT2D eigenvalue weighted by Gasteiger charge is -2.05. The Kier molecular flexibility index (Phi) is 2.39. The third-order valence-electron chi connectivity index (χ3n) is 1.46. The molecule has 2 nitrogen and oxygen atoms in total. The summed E-state index contributed by atoms with van der Waals surface area (Å²) >= 11 is 3.33. The second-order valence-electron chi connectivity index (χ2n) is 2.27. The molecule has 11 heavy (non-hydrogen) atoms. The molecule has 0 saturated carbocycles. The van der Waals surface area contributed by atoms with Crippen molar-refractivity contribution in [1.29, 1.82) is 0 Å². The molecule has 3 heteroatoms. The second kappa shape index (κ2) is 3.13. The highest BCUT2D eigenvalue weighted by Gasteiger charge is 2.03. The number of ether oxygens (including phenoxy) is 1. The fourth-order valence-electron chi connectivity index (χ4n) is 0.812. The summed E-state index contributed by atoms with van der Waals surface area (Å²) in [6.07, 6.45) is 0. The van der Waals surface area contributed by atoms with E-state index in [0.29, 0.717) is 5.75 Å². The van der Waals surface area contributed by atoms with E-state index >= 15 is 0 Å². The minimum atomic E-state index is 0.174. The van der Waals surface area contributed by atoms with E-state index in [2.05, 4.69) is 15.9 Å². The molecule has 0 radical (unpaired) electrons. The summed E-state index contributed by atoms with van der Waals surface area (Å²) in [5.74, 6) is 0.663. The molecule has 0 aliphatic rings. The summed E-state index contributed by atoms with van der Waals surface area (Å²) < 4.78 is 5.84. The molecular formula is C8H9BrO2. The molecule has 0 amide bonds. The average molecular weight is 217 g/mol. The molecule has 0 spiro atoms. The van der Waals surface area contributed by atoms with Crippen molar-refractivity contribution in [3.05, 3.63) is 22.2 Å². The van der Waals surface area contributed by atoms with E-state index in [-0.39, 0.29) is 5.75 Å². The van der Waals surface area contributed by atoms with E-state index in [1.54, 1.807) is 12.1 Å². The number of aryl methyl sites for hydroxylation is 1. The van der Waals surface area contributed by atoms with Gasteiger partial charge in [0.1, 0.15) is 0 Å². The molecule has 1 aromatic rings. The highest BCUT2D eigenvalue weighted by molar-refractivity contribution is 9.10. The maximum atomic E-state index is 9.27. The number of hydrogen-bond donors (Lipinski definition) is 1. The van der Waals surface area contributed by atoms with E-state index in [4.69, 9.17) is 4.74 Å². The van der Waals surface area contributed by atoms with Crippen LogP contribution in [0.1, 0.15) is 5.56 Å². The number of methoxy groups -OCH3 is 1. The van der Waals surface area contributed by atoms with E-state index < -0.39 is 0 Å². The Balaban J connectivity index is 3.21. The fraction of sp³-hybridized carbons (Fsp3) is 0.250. The molecule has 0 saturated heterocycles. The third kappa shape index (κ3) is 1.66. The molecule has 1 rings (SSSR count). The number of phenols is 1. The Morgan fingerprint density at radius 1 is 1.45 bits per heavy atom. The van der Waals surface area contributed by atoms with Gasteiger partial charge in [0.15, 0.2) is 11.5 Å². The topological polar surface area (TPSA) is 29.5 Å². The zero-order valence-corrected chi connectivity index (χ0v) is 7.97. The van der Waals surface area contributed by atoms with E-state index in [9.17, 15) is 5.11 Å². The summed E-state index contributed by atoms with van der Waals surface area (Å²) in [5.41, 5.74) is 0.989. The molecule has 0 bridgehead atoms. The van der Waals surface area contributed by atoms with Crippen LogP contribution in [-0.2, 0) is 0 Å². The van der Waals surface area contributed by atoms with Gasteiger partial charge in [-0.2, -0.15) is 0 Å². The normalized spacial score (nSPS) is 9.73. The second-order valence-corrected chi connectivity index (χ2v) is 3.13. The summed E-state index contributed by atoms with van der Waals surface area (Å²) in [6.45, 7) is 1.91. The van der Waals surface area contributed by atoms with Crippen LogP contribution in [0.5, 0.6) is 11.5 Å². The SMILES string of the molecule is COc1cc(Br)c(C)cc1O. The van der Waals surface area contributed by atoms with Gasteiger partial charge in [-0.15, -0.1) is 0 Å². The summed E-state index contributed by atoms with van der Waals surface area (Å²) in [4.78, 5) is 0. The van der Waals surface area contributed by atoms with Crippen molar-refractivity contribution >= 4 is 15.9 Å². The molecule has 0 unspecified atom stereocenters. The first-order valence-corrected chi connectivity index (χ1v) is 3.97. The molecule has 1 N–H and O–H groups in total. The monoisotopic (exact) mass is 216 g/mol. The highest BCUT2D eigenvalue weighted by atomic mass is 79.9.